The standard InChI is InChI=1S/C17H14F3N5/c18-17(19,20)14-8-15(24-16(23-14)12-5-3-7-21-9-12)25-13-6-2-1-4-11(13)10-22-25/h3,5,7-10H,1-2,4,6H2. The minimum atomic E-state index is -4.57. The van der Waals surface area contributed by atoms with Crippen molar-refractivity contribution in [2.75, 3.05) is 0 Å². The fourth-order valence-corrected chi connectivity index (χ4v) is 3.00. The molecule has 0 radical (unpaired) electrons. The molecular weight excluding hydrogens is 331 g/mol. The first-order valence-electron chi connectivity index (χ1n) is 7.95. The second-order valence-corrected chi connectivity index (χ2v) is 5.91. The zero-order valence-electron chi connectivity index (χ0n) is 13.2. The third kappa shape index (κ3) is 2.99. The number of hydrogen-bond acceptors (Lipinski definition) is 4. The van der Waals surface area contributed by atoms with Crippen molar-refractivity contribution in [2.45, 2.75) is 31.9 Å². The van der Waals surface area contributed by atoms with Gasteiger partial charge in [0.05, 0.1) is 6.20 Å². The molecule has 0 spiro atoms. The summed E-state index contributed by atoms with van der Waals surface area (Å²) in [5.41, 5.74) is 1.43. The molecule has 1 aliphatic rings. The highest BCUT2D eigenvalue weighted by Crippen LogP contribution is 2.31. The lowest BCUT2D eigenvalue weighted by atomic mass is 9.98. The Balaban J connectivity index is 1.89. The minimum absolute atomic E-state index is 0.0158. The number of halogens is 3. The molecule has 0 aliphatic heterocycles. The van der Waals surface area contributed by atoms with Crippen molar-refractivity contribution in [3.63, 3.8) is 0 Å². The van der Waals surface area contributed by atoms with E-state index in [0.717, 1.165) is 43.0 Å². The molecule has 1 aliphatic carbocycles. The van der Waals surface area contributed by atoms with Crippen LogP contribution in [-0.4, -0.2) is 24.7 Å². The van der Waals surface area contributed by atoms with Crippen LogP contribution in [0.3, 0.4) is 0 Å². The molecule has 0 atom stereocenters. The Morgan fingerprint density at radius 3 is 2.64 bits per heavy atom. The lowest BCUT2D eigenvalue weighted by Gasteiger charge is -2.15. The predicted octanol–water partition coefficient (Wildman–Crippen LogP) is 3.62. The van der Waals surface area contributed by atoms with Crippen LogP contribution in [0.1, 0.15) is 29.8 Å². The smallest absolute Gasteiger partial charge is 0.264 e. The van der Waals surface area contributed by atoms with Crippen LogP contribution < -0.4 is 0 Å². The Kier molecular flexibility index (Phi) is 3.74. The maximum Gasteiger partial charge on any atom is 0.433 e. The SMILES string of the molecule is FC(F)(F)c1cc(-n2ncc3c2CCCC3)nc(-c2cccnc2)n1. The number of pyridine rings is 1. The average molecular weight is 345 g/mol. The van der Waals surface area contributed by atoms with Gasteiger partial charge in [0.15, 0.2) is 17.3 Å². The normalized spacial score (nSPS) is 14.4. The van der Waals surface area contributed by atoms with Gasteiger partial charge in [-0.2, -0.15) is 18.3 Å². The first-order valence-corrected chi connectivity index (χ1v) is 7.95. The molecule has 3 aromatic heterocycles. The molecule has 4 rings (SSSR count). The topological polar surface area (TPSA) is 56.5 Å². The molecule has 3 aromatic rings. The Labute approximate surface area is 141 Å². The molecule has 5 nitrogen and oxygen atoms in total. The predicted molar refractivity (Wildman–Crippen MR) is 84.0 cm³/mol. The summed E-state index contributed by atoms with van der Waals surface area (Å²) in [6, 6.07) is 4.21. The Morgan fingerprint density at radius 2 is 1.88 bits per heavy atom. The van der Waals surface area contributed by atoms with E-state index in [2.05, 4.69) is 20.1 Å². The monoisotopic (exact) mass is 345 g/mol. The minimum Gasteiger partial charge on any atom is -0.264 e. The van der Waals surface area contributed by atoms with Gasteiger partial charge >= 0.3 is 6.18 Å². The van der Waals surface area contributed by atoms with Gasteiger partial charge < -0.3 is 0 Å². The highest BCUT2D eigenvalue weighted by atomic mass is 19.4. The van der Waals surface area contributed by atoms with Crippen LogP contribution in [0.25, 0.3) is 17.2 Å². The van der Waals surface area contributed by atoms with E-state index >= 15 is 0 Å². The number of alkyl halides is 3. The van der Waals surface area contributed by atoms with Crippen molar-refractivity contribution in [1.82, 2.24) is 24.7 Å². The maximum absolute atomic E-state index is 13.3. The molecule has 128 valence electrons. The van der Waals surface area contributed by atoms with Gasteiger partial charge in [-0.3, -0.25) is 4.98 Å². The molecule has 0 N–H and O–H groups in total. The van der Waals surface area contributed by atoms with Gasteiger partial charge in [-0.05, 0) is 43.4 Å². The van der Waals surface area contributed by atoms with E-state index in [1.54, 1.807) is 24.5 Å². The van der Waals surface area contributed by atoms with E-state index in [1.165, 1.54) is 10.9 Å². The van der Waals surface area contributed by atoms with Crippen molar-refractivity contribution < 1.29 is 13.2 Å². The van der Waals surface area contributed by atoms with Gasteiger partial charge in [-0.1, -0.05) is 0 Å². The van der Waals surface area contributed by atoms with Crippen LogP contribution in [0.4, 0.5) is 13.2 Å². The highest BCUT2D eigenvalue weighted by molar-refractivity contribution is 5.55. The molecule has 0 bridgehead atoms. The van der Waals surface area contributed by atoms with E-state index in [9.17, 15) is 13.2 Å². The average Bonchev–Trinajstić information content (AvgIpc) is 3.05. The van der Waals surface area contributed by atoms with Crippen molar-refractivity contribution >= 4 is 0 Å². The fraction of sp³-hybridized carbons (Fsp3) is 0.294. The van der Waals surface area contributed by atoms with E-state index in [1.807, 2.05) is 0 Å². The molecule has 0 unspecified atom stereocenters. The summed E-state index contributed by atoms with van der Waals surface area (Å²) in [4.78, 5) is 11.9. The summed E-state index contributed by atoms with van der Waals surface area (Å²) in [6.45, 7) is 0. The lowest BCUT2D eigenvalue weighted by Crippen LogP contribution is -2.14. The van der Waals surface area contributed by atoms with Gasteiger partial charge in [0.1, 0.15) is 0 Å². The molecular formula is C17H14F3N5. The van der Waals surface area contributed by atoms with Gasteiger partial charge in [-0.15, -0.1) is 0 Å². The molecule has 8 heteroatoms. The zero-order chi connectivity index (χ0) is 17.4. The largest absolute Gasteiger partial charge is 0.433 e. The first-order chi connectivity index (χ1) is 12.0. The summed E-state index contributed by atoms with van der Waals surface area (Å²) in [5, 5.41) is 4.27. The lowest BCUT2D eigenvalue weighted by molar-refractivity contribution is -0.141. The summed E-state index contributed by atoms with van der Waals surface area (Å²) >= 11 is 0. The second kappa shape index (κ2) is 5.94. The van der Waals surface area contributed by atoms with Crippen molar-refractivity contribution in [3.05, 3.63) is 53.7 Å². The maximum atomic E-state index is 13.3. The summed E-state index contributed by atoms with van der Waals surface area (Å²) in [5.74, 6) is 0.113. The number of aromatic nitrogens is 5. The summed E-state index contributed by atoms with van der Waals surface area (Å²) in [6.07, 6.45) is 3.86. The molecule has 0 amide bonds. The summed E-state index contributed by atoms with van der Waals surface area (Å²) in [7, 11) is 0. The second-order valence-electron chi connectivity index (χ2n) is 5.91. The van der Waals surface area contributed by atoms with Gasteiger partial charge in [0, 0.05) is 29.7 Å². The molecule has 3 heterocycles. The van der Waals surface area contributed by atoms with Crippen LogP contribution in [-0.2, 0) is 19.0 Å². The van der Waals surface area contributed by atoms with Gasteiger partial charge in [0.25, 0.3) is 0 Å². The molecule has 0 aromatic carbocycles. The van der Waals surface area contributed by atoms with Gasteiger partial charge in [-0.25, -0.2) is 14.6 Å². The third-order valence-corrected chi connectivity index (χ3v) is 4.20. The number of rotatable bonds is 2. The number of nitrogens with zero attached hydrogens (tertiary/aromatic N) is 5. The molecule has 0 fully saturated rings. The van der Waals surface area contributed by atoms with E-state index in [0.29, 0.717) is 5.56 Å². The van der Waals surface area contributed by atoms with Crippen LogP contribution in [0.2, 0.25) is 0 Å². The van der Waals surface area contributed by atoms with Crippen LogP contribution >= 0.6 is 0 Å². The Bertz CT molecular complexity index is 902. The first kappa shape index (κ1) is 15.7. The molecule has 0 saturated heterocycles. The fourth-order valence-electron chi connectivity index (χ4n) is 3.00. The Morgan fingerprint density at radius 1 is 1.04 bits per heavy atom. The molecule has 25 heavy (non-hydrogen) atoms. The third-order valence-electron chi connectivity index (χ3n) is 4.20. The Hall–Kier alpha value is -2.77. The zero-order valence-corrected chi connectivity index (χ0v) is 13.2. The van der Waals surface area contributed by atoms with E-state index in [4.69, 9.17) is 0 Å². The van der Waals surface area contributed by atoms with Crippen LogP contribution in [0, 0.1) is 0 Å². The van der Waals surface area contributed by atoms with E-state index in [-0.39, 0.29) is 11.6 Å². The van der Waals surface area contributed by atoms with Crippen LogP contribution in [0.5, 0.6) is 0 Å². The number of fused-ring (bicyclic) bond motifs is 1. The van der Waals surface area contributed by atoms with Crippen molar-refractivity contribution in [1.29, 1.82) is 0 Å². The summed E-state index contributed by atoms with van der Waals surface area (Å²) < 4.78 is 41.4. The molecule has 0 saturated carbocycles. The number of aryl methyl sites for hydroxylation is 1. The van der Waals surface area contributed by atoms with Crippen molar-refractivity contribution in [2.24, 2.45) is 0 Å². The number of hydrogen-bond donors (Lipinski definition) is 0. The van der Waals surface area contributed by atoms with Crippen molar-refractivity contribution in [3.8, 4) is 17.2 Å². The highest BCUT2D eigenvalue weighted by Gasteiger charge is 2.34. The van der Waals surface area contributed by atoms with Gasteiger partial charge in [0.2, 0.25) is 0 Å². The van der Waals surface area contributed by atoms with Crippen LogP contribution in [0.15, 0.2) is 36.8 Å². The quantitative estimate of drug-likeness (QED) is 0.712. The van der Waals surface area contributed by atoms with E-state index < -0.39 is 11.9 Å².